The Labute approximate surface area is 344 Å². The highest BCUT2D eigenvalue weighted by molar-refractivity contribution is 7.13. The molecule has 4 atom stereocenters. The lowest BCUT2D eigenvalue weighted by Crippen LogP contribution is -2.48. The van der Waals surface area contributed by atoms with Crippen molar-refractivity contribution in [1.82, 2.24) is 29.9 Å². The fourth-order valence-corrected chi connectivity index (χ4v) is 9.63. The van der Waals surface area contributed by atoms with Crippen molar-refractivity contribution in [1.29, 1.82) is 0 Å². The average molecular weight is 821 g/mol. The van der Waals surface area contributed by atoms with Gasteiger partial charge in [0.1, 0.15) is 17.8 Å². The number of fused-ring (bicyclic) bond motifs is 5. The number of carbonyl (C=O) groups excluding carboxylic acids is 2. The van der Waals surface area contributed by atoms with Crippen molar-refractivity contribution in [3.63, 3.8) is 0 Å². The molecule has 2 amide bonds. The second-order valence-corrected chi connectivity index (χ2v) is 17.3. The van der Waals surface area contributed by atoms with E-state index in [-0.39, 0.29) is 54.8 Å². The molecule has 12 nitrogen and oxygen atoms in total. The minimum atomic E-state index is -0.851. The molecule has 0 saturated carbocycles. The van der Waals surface area contributed by atoms with Gasteiger partial charge >= 0.3 is 0 Å². The number of nitrogens with zero attached hydrogens (tertiary/aromatic N) is 5. The van der Waals surface area contributed by atoms with Crippen LogP contribution in [0.3, 0.4) is 0 Å². The molecular weight excluding hydrogens is 776 g/mol. The monoisotopic (exact) mass is 820 g/mol. The summed E-state index contributed by atoms with van der Waals surface area (Å²) >= 11 is 8.04. The molecule has 58 heavy (non-hydrogen) atoms. The van der Waals surface area contributed by atoms with E-state index < -0.39 is 23.5 Å². The molecule has 0 unspecified atom stereocenters. The second-order valence-electron chi connectivity index (χ2n) is 16.0. The van der Waals surface area contributed by atoms with Gasteiger partial charge in [0.05, 0.1) is 61.9 Å². The van der Waals surface area contributed by atoms with Gasteiger partial charge in [-0.2, -0.15) is 4.98 Å². The minimum absolute atomic E-state index is 0.0310. The molecule has 5 heterocycles. The smallest absolute Gasteiger partial charge is 0.282 e. The minimum Gasteiger partial charge on any atom is -0.475 e. The van der Waals surface area contributed by atoms with E-state index in [1.165, 1.54) is 4.90 Å². The van der Waals surface area contributed by atoms with E-state index in [4.69, 9.17) is 20.9 Å². The van der Waals surface area contributed by atoms with Gasteiger partial charge in [-0.3, -0.25) is 19.0 Å². The number of aryl methyl sites for hydroxylation is 1. The normalized spacial score (nSPS) is 18.0. The molecule has 8 rings (SSSR count). The predicted molar refractivity (Wildman–Crippen MR) is 223 cm³/mol. The lowest BCUT2D eigenvalue weighted by molar-refractivity contribution is -0.141. The van der Waals surface area contributed by atoms with Crippen molar-refractivity contribution in [2.45, 2.75) is 83.9 Å². The first kappa shape index (κ1) is 39.5. The number of thiazole rings is 1. The van der Waals surface area contributed by atoms with Gasteiger partial charge < -0.3 is 24.6 Å². The summed E-state index contributed by atoms with van der Waals surface area (Å²) in [4.78, 5) is 52.5. The Bertz CT molecular complexity index is 2600. The van der Waals surface area contributed by atoms with Crippen LogP contribution in [-0.4, -0.2) is 66.8 Å². The van der Waals surface area contributed by atoms with Crippen molar-refractivity contribution in [2.75, 3.05) is 13.2 Å². The van der Waals surface area contributed by atoms with Crippen LogP contribution in [0, 0.1) is 12.8 Å². The number of rotatable bonds is 11. The number of halogens is 1. The number of benzene rings is 3. The van der Waals surface area contributed by atoms with Crippen molar-refractivity contribution in [3.05, 3.63) is 122 Å². The quantitative estimate of drug-likeness (QED) is 0.137. The van der Waals surface area contributed by atoms with Gasteiger partial charge in [-0.05, 0) is 79.2 Å². The molecule has 0 bridgehead atoms. The van der Waals surface area contributed by atoms with Gasteiger partial charge in [-0.15, -0.1) is 11.3 Å². The molecule has 1 fully saturated rings. The molecule has 3 aromatic carbocycles. The summed E-state index contributed by atoms with van der Waals surface area (Å²) < 4.78 is 13.9. The number of carbonyl (C=O) groups is 2. The average Bonchev–Trinajstić information content (AvgIpc) is 3.97. The molecule has 300 valence electrons. The lowest BCUT2D eigenvalue weighted by atomic mass is 9.82. The standard InChI is InChI=1S/C44H45ClN6O6S/c1-23(2)36(42(55)50-21-29(52)19-33(50)40(53)47-24(3)26-13-15-28(16-14-26)39-25(4)46-22-58-39)34-20-35(49-57-34)56-18-17-27-9-7-12-32-38(27)44(5,6)43-48-41(54)37-30(45)10-8-11-31(37)51(32)43/h7-16,20,22-24,29,33,36,52H,17-19,21H2,1-6H3,(H,47,53)/t24-,29+,33-,36+/m0/s1. The molecule has 2 N–H and O–H groups in total. The molecular formula is C44H45ClN6O6S. The fraction of sp³-hybridized carbons (Fsp3) is 0.364. The number of hydrogen-bond donors (Lipinski definition) is 2. The van der Waals surface area contributed by atoms with E-state index in [0.29, 0.717) is 33.9 Å². The maximum absolute atomic E-state index is 14.2. The van der Waals surface area contributed by atoms with Crippen LogP contribution in [0.2, 0.25) is 5.02 Å². The Morgan fingerprint density at radius 1 is 1.10 bits per heavy atom. The summed E-state index contributed by atoms with van der Waals surface area (Å²) in [5, 5.41) is 18.7. The highest BCUT2D eigenvalue weighted by Crippen LogP contribution is 2.45. The maximum atomic E-state index is 14.2. The zero-order valence-corrected chi connectivity index (χ0v) is 34.7. The number of ether oxygens (including phenoxy) is 1. The maximum Gasteiger partial charge on any atom is 0.282 e. The van der Waals surface area contributed by atoms with Crippen molar-refractivity contribution in [3.8, 4) is 22.0 Å². The van der Waals surface area contributed by atoms with Crippen LogP contribution < -0.4 is 15.6 Å². The molecule has 14 heteroatoms. The third-order valence-corrected chi connectivity index (χ3v) is 12.7. The number of hydrogen-bond acceptors (Lipinski definition) is 10. The first-order chi connectivity index (χ1) is 27.7. The summed E-state index contributed by atoms with van der Waals surface area (Å²) in [5.74, 6) is -0.431. The highest BCUT2D eigenvalue weighted by atomic mass is 35.5. The van der Waals surface area contributed by atoms with Crippen LogP contribution in [0.5, 0.6) is 5.88 Å². The number of β-amino-alcohol motifs (C(OH)–C–C–N with tert-alkyl or cyclic N) is 1. The Morgan fingerprint density at radius 3 is 2.59 bits per heavy atom. The van der Waals surface area contributed by atoms with Crippen molar-refractivity contribution >= 4 is 45.7 Å². The summed E-state index contributed by atoms with van der Waals surface area (Å²) in [6.45, 7) is 12.1. The molecule has 2 aliphatic rings. The topological polar surface area (TPSA) is 153 Å². The van der Waals surface area contributed by atoms with Gasteiger partial charge in [0.2, 0.25) is 11.8 Å². The summed E-state index contributed by atoms with van der Waals surface area (Å²) in [7, 11) is 0. The zero-order valence-electron chi connectivity index (χ0n) is 33.2. The first-order valence-corrected chi connectivity index (χ1v) is 20.7. The molecule has 0 spiro atoms. The first-order valence-electron chi connectivity index (χ1n) is 19.5. The van der Waals surface area contributed by atoms with Gasteiger partial charge in [0.25, 0.3) is 11.4 Å². The van der Waals surface area contributed by atoms with Gasteiger partial charge in [0.15, 0.2) is 5.76 Å². The van der Waals surface area contributed by atoms with E-state index in [1.807, 2.05) is 92.4 Å². The number of aliphatic hydroxyl groups is 1. The number of nitrogens with one attached hydrogen (secondary N) is 1. The van der Waals surface area contributed by atoms with Crippen LogP contribution in [0.1, 0.15) is 87.0 Å². The van der Waals surface area contributed by atoms with Crippen LogP contribution in [-0.2, 0) is 21.4 Å². The number of likely N-dealkylation sites (tertiary alicyclic amines) is 1. The fourth-order valence-electron chi connectivity index (χ4n) is 8.57. The molecule has 3 aromatic heterocycles. The van der Waals surface area contributed by atoms with E-state index in [9.17, 15) is 19.5 Å². The van der Waals surface area contributed by atoms with Gasteiger partial charge in [-0.1, -0.05) is 67.9 Å². The van der Waals surface area contributed by atoms with Crippen molar-refractivity contribution in [2.24, 2.45) is 5.92 Å². The third-order valence-electron chi connectivity index (χ3n) is 11.4. The van der Waals surface area contributed by atoms with E-state index in [1.54, 1.807) is 23.5 Å². The number of amides is 2. The summed E-state index contributed by atoms with van der Waals surface area (Å²) in [6, 6.07) is 19.9. The molecule has 0 aliphatic carbocycles. The summed E-state index contributed by atoms with van der Waals surface area (Å²) in [6.07, 6.45) is -0.190. The van der Waals surface area contributed by atoms with Crippen molar-refractivity contribution < 1.29 is 24.0 Å². The Morgan fingerprint density at radius 2 is 1.86 bits per heavy atom. The Kier molecular flexibility index (Phi) is 10.5. The van der Waals surface area contributed by atoms with E-state index in [2.05, 4.69) is 34.3 Å². The zero-order chi connectivity index (χ0) is 41.0. The Balaban J connectivity index is 0.946. The largest absolute Gasteiger partial charge is 0.475 e. The predicted octanol–water partition coefficient (Wildman–Crippen LogP) is 7.30. The summed E-state index contributed by atoms with van der Waals surface area (Å²) in [5.41, 5.74) is 7.57. The van der Waals surface area contributed by atoms with Crippen LogP contribution in [0.25, 0.3) is 27.0 Å². The second kappa shape index (κ2) is 15.4. The molecule has 1 saturated heterocycles. The van der Waals surface area contributed by atoms with Gasteiger partial charge in [0, 0.05) is 25.5 Å². The highest BCUT2D eigenvalue weighted by Gasteiger charge is 2.44. The van der Waals surface area contributed by atoms with E-state index in [0.717, 1.165) is 38.5 Å². The third kappa shape index (κ3) is 6.98. The van der Waals surface area contributed by atoms with Crippen LogP contribution >= 0.6 is 22.9 Å². The SMILES string of the molecule is Cc1ncsc1-c1ccc([C@H](C)NC(=O)[C@@H]2C[C@@H](O)CN2C(=O)[C@@H](c2cc(OCCc3cccc4c3C(C)(C)c3nc(=O)c5c(Cl)cccc5n3-4)no2)C(C)C)cc1. The Hall–Kier alpha value is -5.37. The lowest BCUT2D eigenvalue weighted by Gasteiger charge is -2.29. The molecule has 2 aliphatic heterocycles. The molecule has 6 aromatic rings. The molecule has 0 radical (unpaired) electrons. The van der Waals surface area contributed by atoms with Gasteiger partial charge in [-0.25, -0.2) is 4.98 Å². The van der Waals surface area contributed by atoms with Crippen LogP contribution in [0.4, 0.5) is 0 Å². The number of aromatic nitrogens is 4. The number of aliphatic hydroxyl groups excluding tert-OH is 1. The van der Waals surface area contributed by atoms with E-state index >= 15 is 0 Å². The van der Waals surface area contributed by atoms with Crippen LogP contribution in [0.15, 0.2) is 81.6 Å².